The van der Waals surface area contributed by atoms with Crippen LogP contribution in [-0.4, -0.2) is 53.2 Å². The number of rotatable bonds is 11. The minimum Gasteiger partial charge on any atom is -0.385 e. The lowest BCUT2D eigenvalue weighted by molar-refractivity contribution is 0.0623. The van der Waals surface area contributed by atoms with Crippen molar-refractivity contribution >= 4 is 0 Å². The highest BCUT2D eigenvalue weighted by Gasteiger charge is 2.06. The third-order valence-electron chi connectivity index (χ3n) is 2.01. The van der Waals surface area contributed by atoms with E-state index >= 15 is 0 Å². The zero-order valence-corrected chi connectivity index (χ0v) is 10.3. The maximum atomic E-state index is 5.52. The van der Waals surface area contributed by atoms with Gasteiger partial charge in [0.25, 0.3) is 0 Å². The van der Waals surface area contributed by atoms with Crippen LogP contribution in [0, 0.1) is 0 Å². The predicted octanol–water partition coefficient (Wildman–Crippen LogP) is 1.05. The molecule has 92 valence electrons. The van der Waals surface area contributed by atoms with Crippen LogP contribution in [0.1, 0.15) is 19.8 Å². The Kier molecular flexibility index (Phi) is 11.8. The highest BCUT2D eigenvalue weighted by atomic mass is 16.5. The Balaban J connectivity index is 3.38. The summed E-state index contributed by atoms with van der Waals surface area (Å²) >= 11 is 0. The Morgan fingerprint density at radius 3 is 2.47 bits per heavy atom. The van der Waals surface area contributed by atoms with Gasteiger partial charge in [0.1, 0.15) is 0 Å². The van der Waals surface area contributed by atoms with Gasteiger partial charge in [0, 0.05) is 27.4 Å². The summed E-state index contributed by atoms with van der Waals surface area (Å²) in [6, 6.07) is 0.303. The summed E-state index contributed by atoms with van der Waals surface area (Å²) in [5.74, 6) is 0. The van der Waals surface area contributed by atoms with Gasteiger partial charge in [-0.1, -0.05) is 6.92 Å². The third kappa shape index (κ3) is 10.1. The van der Waals surface area contributed by atoms with Crippen LogP contribution in [-0.2, 0) is 14.2 Å². The number of hydrogen-bond acceptors (Lipinski definition) is 4. The van der Waals surface area contributed by atoms with E-state index in [4.69, 9.17) is 14.2 Å². The highest BCUT2D eigenvalue weighted by Crippen LogP contribution is 1.90. The van der Waals surface area contributed by atoms with Crippen molar-refractivity contribution < 1.29 is 14.2 Å². The first-order valence-corrected chi connectivity index (χ1v) is 5.64. The molecule has 0 aromatic carbocycles. The van der Waals surface area contributed by atoms with Gasteiger partial charge in [-0.2, -0.15) is 0 Å². The first-order chi connectivity index (χ1) is 7.35. The molecule has 0 rings (SSSR count). The summed E-state index contributed by atoms with van der Waals surface area (Å²) in [5, 5.41) is 3.38. The smallest absolute Gasteiger partial charge is 0.0642 e. The Bertz CT molecular complexity index is 122. The molecule has 4 heteroatoms. The van der Waals surface area contributed by atoms with Crippen LogP contribution >= 0.6 is 0 Å². The average Bonchev–Trinajstić information content (AvgIpc) is 2.25. The Morgan fingerprint density at radius 1 is 1.07 bits per heavy atom. The topological polar surface area (TPSA) is 39.7 Å². The second-order valence-electron chi connectivity index (χ2n) is 3.53. The molecule has 0 saturated carbocycles. The second-order valence-corrected chi connectivity index (χ2v) is 3.53. The summed E-state index contributed by atoms with van der Waals surface area (Å²) in [7, 11) is 3.42. The molecule has 0 aromatic rings. The molecule has 1 unspecified atom stereocenters. The van der Waals surface area contributed by atoms with Gasteiger partial charge in [-0.25, -0.2) is 0 Å². The van der Waals surface area contributed by atoms with Crippen LogP contribution in [0.3, 0.4) is 0 Å². The molecule has 0 saturated heterocycles. The molecule has 0 heterocycles. The van der Waals surface area contributed by atoms with Crippen molar-refractivity contribution in [3.05, 3.63) is 0 Å². The van der Waals surface area contributed by atoms with Crippen molar-refractivity contribution in [1.82, 2.24) is 5.32 Å². The van der Waals surface area contributed by atoms with E-state index in [1.807, 2.05) is 0 Å². The molecule has 0 fully saturated rings. The van der Waals surface area contributed by atoms with Gasteiger partial charge in [-0.3, -0.25) is 0 Å². The van der Waals surface area contributed by atoms with Gasteiger partial charge < -0.3 is 19.5 Å². The second kappa shape index (κ2) is 11.9. The van der Waals surface area contributed by atoms with E-state index in [1.165, 1.54) is 0 Å². The molecule has 1 N–H and O–H groups in total. The normalized spacial score (nSPS) is 13.0. The van der Waals surface area contributed by atoms with Crippen LogP contribution in [0.2, 0.25) is 0 Å². The van der Waals surface area contributed by atoms with Crippen LogP contribution < -0.4 is 5.32 Å². The largest absolute Gasteiger partial charge is 0.385 e. The molecular formula is C11H25NO3. The lowest BCUT2D eigenvalue weighted by Gasteiger charge is -2.17. The number of methoxy groups -OCH3 is 2. The summed E-state index contributed by atoms with van der Waals surface area (Å²) in [5.41, 5.74) is 0. The third-order valence-corrected chi connectivity index (χ3v) is 2.01. The molecule has 0 aliphatic heterocycles. The first kappa shape index (κ1) is 14.8. The van der Waals surface area contributed by atoms with Gasteiger partial charge in [0.2, 0.25) is 0 Å². The number of hydrogen-bond donors (Lipinski definition) is 1. The maximum absolute atomic E-state index is 5.52. The summed E-state index contributed by atoms with van der Waals surface area (Å²) in [4.78, 5) is 0. The molecule has 0 aliphatic rings. The Morgan fingerprint density at radius 2 is 1.87 bits per heavy atom. The van der Waals surface area contributed by atoms with Crippen molar-refractivity contribution in [1.29, 1.82) is 0 Å². The lowest BCUT2D eigenvalue weighted by atomic mass is 10.3. The van der Waals surface area contributed by atoms with E-state index in [1.54, 1.807) is 14.2 Å². The molecule has 0 aromatic heterocycles. The lowest BCUT2D eigenvalue weighted by Crippen LogP contribution is -2.37. The van der Waals surface area contributed by atoms with Crippen molar-refractivity contribution in [3.63, 3.8) is 0 Å². The zero-order valence-electron chi connectivity index (χ0n) is 10.3. The van der Waals surface area contributed by atoms with E-state index in [0.717, 1.165) is 32.6 Å². The molecule has 0 spiro atoms. The predicted molar refractivity (Wildman–Crippen MR) is 61.3 cm³/mol. The van der Waals surface area contributed by atoms with E-state index in [9.17, 15) is 0 Å². The van der Waals surface area contributed by atoms with E-state index < -0.39 is 0 Å². The van der Waals surface area contributed by atoms with Crippen LogP contribution in [0.25, 0.3) is 0 Å². The monoisotopic (exact) mass is 219 g/mol. The van der Waals surface area contributed by atoms with Gasteiger partial charge in [0.05, 0.1) is 19.3 Å². The number of ether oxygens (including phenoxy) is 3. The van der Waals surface area contributed by atoms with Crippen molar-refractivity contribution in [2.75, 3.05) is 47.2 Å². The fourth-order valence-corrected chi connectivity index (χ4v) is 1.25. The minimum atomic E-state index is 0.303. The van der Waals surface area contributed by atoms with Crippen LogP contribution in [0.5, 0.6) is 0 Å². The first-order valence-electron chi connectivity index (χ1n) is 5.64. The quantitative estimate of drug-likeness (QED) is 0.527. The zero-order chi connectivity index (χ0) is 11.4. The van der Waals surface area contributed by atoms with E-state index in [0.29, 0.717) is 19.3 Å². The van der Waals surface area contributed by atoms with Gasteiger partial charge >= 0.3 is 0 Å². The highest BCUT2D eigenvalue weighted by molar-refractivity contribution is 4.64. The molecule has 0 bridgehead atoms. The fraction of sp³-hybridized carbons (Fsp3) is 1.00. The van der Waals surface area contributed by atoms with Crippen LogP contribution in [0.4, 0.5) is 0 Å². The Hall–Kier alpha value is -0.160. The van der Waals surface area contributed by atoms with Crippen molar-refractivity contribution in [2.24, 2.45) is 0 Å². The average molecular weight is 219 g/mol. The summed E-state index contributed by atoms with van der Waals surface area (Å²) in [6.07, 6.45) is 2.08. The molecule has 0 amide bonds. The summed E-state index contributed by atoms with van der Waals surface area (Å²) in [6.45, 7) is 6.08. The summed E-state index contributed by atoms with van der Waals surface area (Å²) < 4.78 is 15.6. The molecule has 15 heavy (non-hydrogen) atoms. The molecule has 0 radical (unpaired) electrons. The van der Waals surface area contributed by atoms with Crippen molar-refractivity contribution in [3.8, 4) is 0 Å². The van der Waals surface area contributed by atoms with Crippen molar-refractivity contribution in [2.45, 2.75) is 25.8 Å². The number of nitrogens with one attached hydrogen (secondary N) is 1. The molecule has 4 nitrogen and oxygen atoms in total. The minimum absolute atomic E-state index is 0.303. The molecular weight excluding hydrogens is 194 g/mol. The van der Waals surface area contributed by atoms with E-state index in [2.05, 4.69) is 12.2 Å². The van der Waals surface area contributed by atoms with Gasteiger partial charge in [0.15, 0.2) is 0 Å². The van der Waals surface area contributed by atoms with Crippen LogP contribution in [0.15, 0.2) is 0 Å². The Labute approximate surface area is 93.3 Å². The maximum Gasteiger partial charge on any atom is 0.0642 e. The SMILES string of the molecule is CCCNC(COC)COCCCOC. The standard InChI is InChI=1S/C11H25NO3/c1-4-6-12-11(9-14-3)10-15-8-5-7-13-2/h11-12H,4-10H2,1-3H3. The van der Waals surface area contributed by atoms with Gasteiger partial charge in [-0.05, 0) is 19.4 Å². The van der Waals surface area contributed by atoms with E-state index in [-0.39, 0.29) is 0 Å². The van der Waals surface area contributed by atoms with Gasteiger partial charge in [-0.15, -0.1) is 0 Å². The molecule has 0 aliphatic carbocycles. The fourth-order valence-electron chi connectivity index (χ4n) is 1.25. The molecule has 1 atom stereocenters.